The van der Waals surface area contributed by atoms with E-state index in [0.717, 1.165) is 6.07 Å². The first kappa shape index (κ1) is 17.7. The van der Waals surface area contributed by atoms with Gasteiger partial charge in [0.2, 0.25) is 0 Å². The van der Waals surface area contributed by atoms with Gasteiger partial charge in [0, 0.05) is 10.9 Å². The van der Waals surface area contributed by atoms with Gasteiger partial charge in [0.25, 0.3) is 5.91 Å². The van der Waals surface area contributed by atoms with Crippen molar-refractivity contribution in [3.05, 3.63) is 30.1 Å². The number of rotatable bonds is 6. The molecule has 6 nitrogen and oxygen atoms in total. The number of esters is 1. The number of ether oxygens (including phenoxy) is 1. The summed E-state index contributed by atoms with van der Waals surface area (Å²) in [7, 11) is -2.97. The van der Waals surface area contributed by atoms with Crippen LogP contribution in [0.4, 0.5) is 10.1 Å². The number of amides is 1. The van der Waals surface area contributed by atoms with Gasteiger partial charge in [-0.05, 0) is 24.6 Å². The van der Waals surface area contributed by atoms with E-state index in [0.29, 0.717) is 6.42 Å². The Kier molecular flexibility index (Phi) is 6.00. The molecule has 126 valence electrons. The minimum atomic E-state index is -2.97. The largest absolute Gasteiger partial charge is 0.455 e. The Bertz CT molecular complexity index is 692. The van der Waals surface area contributed by atoms with E-state index < -0.39 is 34.1 Å². The van der Waals surface area contributed by atoms with Gasteiger partial charge in [0.1, 0.15) is 5.82 Å². The summed E-state index contributed by atoms with van der Waals surface area (Å²) >= 11 is 1.22. The second-order valence-electron chi connectivity index (χ2n) is 5.06. The molecular weight excluding hydrogens is 345 g/mol. The van der Waals surface area contributed by atoms with Crippen LogP contribution in [0.5, 0.6) is 0 Å². The summed E-state index contributed by atoms with van der Waals surface area (Å²) in [5, 5.41) is 2.30. The molecule has 0 saturated carbocycles. The van der Waals surface area contributed by atoms with Crippen LogP contribution in [0.15, 0.2) is 24.3 Å². The third-order valence-corrected chi connectivity index (χ3v) is 6.36. The Morgan fingerprint density at radius 1 is 1.39 bits per heavy atom. The minimum absolute atomic E-state index is 0.00652. The summed E-state index contributed by atoms with van der Waals surface area (Å²) < 4.78 is 40.3. The lowest BCUT2D eigenvalue weighted by Crippen LogP contribution is -2.22. The highest BCUT2D eigenvalue weighted by Gasteiger charge is 2.28. The van der Waals surface area contributed by atoms with Crippen molar-refractivity contribution < 1.29 is 27.1 Å². The molecule has 1 amide bonds. The number of thioether (sulfide) groups is 1. The number of hydrogen-bond acceptors (Lipinski definition) is 6. The molecule has 1 aliphatic rings. The second-order valence-corrected chi connectivity index (χ2v) is 8.57. The van der Waals surface area contributed by atoms with Crippen LogP contribution in [0.3, 0.4) is 0 Å². The number of carbonyl (C=O) groups excluding carboxylic acids is 2. The van der Waals surface area contributed by atoms with E-state index >= 15 is 0 Å². The quantitative estimate of drug-likeness (QED) is 0.767. The first-order chi connectivity index (χ1) is 10.8. The Hall–Kier alpha value is -1.61. The molecule has 1 fully saturated rings. The highest BCUT2D eigenvalue weighted by Crippen LogP contribution is 2.24. The molecular formula is C14H16FNO5S2. The van der Waals surface area contributed by atoms with E-state index in [4.69, 9.17) is 4.74 Å². The highest BCUT2D eigenvalue weighted by molar-refractivity contribution is 8.02. The number of halogens is 1. The van der Waals surface area contributed by atoms with Crippen molar-refractivity contribution in [1.82, 2.24) is 0 Å². The number of benzene rings is 1. The van der Waals surface area contributed by atoms with Crippen molar-refractivity contribution in [3.8, 4) is 0 Å². The SMILES string of the molecule is O=C(COC(=O)CS[C@@H]1CCS(=O)(=O)C1)Nc1cccc(F)c1. The predicted molar refractivity (Wildman–Crippen MR) is 85.5 cm³/mol. The summed E-state index contributed by atoms with van der Waals surface area (Å²) in [6.45, 7) is -0.473. The molecule has 0 radical (unpaired) electrons. The molecule has 0 unspecified atom stereocenters. The van der Waals surface area contributed by atoms with E-state index in [1.165, 1.54) is 30.0 Å². The molecule has 0 bridgehead atoms. The van der Waals surface area contributed by atoms with Crippen LogP contribution < -0.4 is 5.32 Å². The monoisotopic (exact) mass is 361 g/mol. The third kappa shape index (κ3) is 6.19. The molecule has 0 spiro atoms. The maximum atomic E-state index is 13.0. The first-order valence-corrected chi connectivity index (χ1v) is 9.74. The lowest BCUT2D eigenvalue weighted by molar-refractivity contribution is -0.144. The average Bonchev–Trinajstić information content (AvgIpc) is 2.82. The second kappa shape index (κ2) is 7.78. The van der Waals surface area contributed by atoms with E-state index in [1.807, 2.05) is 0 Å². The molecule has 1 atom stereocenters. The number of anilines is 1. The van der Waals surface area contributed by atoms with E-state index in [9.17, 15) is 22.4 Å². The average molecular weight is 361 g/mol. The van der Waals surface area contributed by atoms with Crippen LogP contribution in [0.25, 0.3) is 0 Å². The van der Waals surface area contributed by atoms with Crippen LogP contribution >= 0.6 is 11.8 Å². The number of nitrogens with one attached hydrogen (secondary N) is 1. The molecule has 1 heterocycles. The van der Waals surface area contributed by atoms with Crippen LogP contribution in [-0.2, 0) is 24.2 Å². The fourth-order valence-electron chi connectivity index (χ4n) is 2.03. The van der Waals surface area contributed by atoms with Gasteiger partial charge in [0.15, 0.2) is 16.4 Å². The molecule has 9 heteroatoms. The molecule has 0 aliphatic carbocycles. The van der Waals surface area contributed by atoms with Crippen molar-refractivity contribution in [2.75, 3.05) is 29.2 Å². The summed E-state index contributed by atoms with van der Waals surface area (Å²) in [5.41, 5.74) is 0.275. The van der Waals surface area contributed by atoms with Crippen molar-refractivity contribution in [2.24, 2.45) is 0 Å². The Labute approximate surface area is 137 Å². The molecule has 1 aromatic carbocycles. The van der Waals surface area contributed by atoms with Crippen LogP contribution in [-0.4, -0.2) is 49.4 Å². The maximum absolute atomic E-state index is 13.0. The Morgan fingerprint density at radius 3 is 2.83 bits per heavy atom. The number of carbonyl (C=O) groups is 2. The van der Waals surface area contributed by atoms with Gasteiger partial charge in [-0.15, -0.1) is 11.8 Å². The molecule has 2 rings (SSSR count). The van der Waals surface area contributed by atoms with Crippen LogP contribution in [0.1, 0.15) is 6.42 Å². The number of sulfone groups is 1. The Morgan fingerprint density at radius 2 is 2.17 bits per heavy atom. The molecule has 1 aliphatic heterocycles. The van der Waals surface area contributed by atoms with Gasteiger partial charge in [-0.3, -0.25) is 9.59 Å². The van der Waals surface area contributed by atoms with Gasteiger partial charge >= 0.3 is 5.97 Å². The Balaban J connectivity index is 1.67. The zero-order valence-electron chi connectivity index (χ0n) is 12.2. The standard InChI is InChI=1S/C14H16FNO5S2/c15-10-2-1-3-11(6-10)16-13(17)7-21-14(18)8-22-12-4-5-23(19,20)9-12/h1-3,6,12H,4-5,7-9H2,(H,16,17)/t12-/m1/s1. The predicted octanol–water partition coefficient (Wildman–Crippen LogP) is 1.23. The van der Waals surface area contributed by atoms with E-state index in [-0.39, 0.29) is 28.2 Å². The van der Waals surface area contributed by atoms with Crippen molar-refractivity contribution in [3.63, 3.8) is 0 Å². The maximum Gasteiger partial charge on any atom is 0.316 e. The third-order valence-electron chi connectivity index (χ3n) is 3.10. The lowest BCUT2D eigenvalue weighted by Gasteiger charge is -2.08. The summed E-state index contributed by atoms with van der Waals surface area (Å²) in [4.78, 5) is 23.1. The topological polar surface area (TPSA) is 89.5 Å². The zero-order chi connectivity index (χ0) is 16.9. The smallest absolute Gasteiger partial charge is 0.316 e. The fraction of sp³-hybridized carbons (Fsp3) is 0.429. The van der Waals surface area contributed by atoms with Gasteiger partial charge < -0.3 is 10.1 Å². The summed E-state index contributed by atoms with van der Waals surface area (Å²) in [6, 6.07) is 5.36. The lowest BCUT2D eigenvalue weighted by atomic mass is 10.3. The van der Waals surface area contributed by atoms with Crippen molar-refractivity contribution >= 4 is 39.2 Å². The summed E-state index contributed by atoms with van der Waals surface area (Å²) in [6.07, 6.45) is 0.528. The highest BCUT2D eigenvalue weighted by atomic mass is 32.2. The van der Waals surface area contributed by atoms with Gasteiger partial charge in [-0.2, -0.15) is 0 Å². The molecule has 23 heavy (non-hydrogen) atoms. The van der Waals surface area contributed by atoms with Crippen LogP contribution in [0.2, 0.25) is 0 Å². The molecule has 0 aromatic heterocycles. The minimum Gasteiger partial charge on any atom is -0.455 e. The van der Waals surface area contributed by atoms with Gasteiger partial charge in [0.05, 0.1) is 17.3 Å². The van der Waals surface area contributed by atoms with Crippen LogP contribution in [0, 0.1) is 5.82 Å². The fourth-order valence-corrected chi connectivity index (χ4v) is 5.47. The summed E-state index contributed by atoms with van der Waals surface area (Å²) in [5.74, 6) is -1.43. The van der Waals surface area contributed by atoms with Gasteiger partial charge in [-0.25, -0.2) is 12.8 Å². The van der Waals surface area contributed by atoms with Crippen molar-refractivity contribution in [2.45, 2.75) is 11.7 Å². The van der Waals surface area contributed by atoms with Gasteiger partial charge in [-0.1, -0.05) is 6.07 Å². The normalized spacial score (nSPS) is 19.3. The first-order valence-electron chi connectivity index (χ1n) is 6.87. The zero-order valence-corrected chi connectivity index (χ0v) is 13.8. The van der Waals surface area contributed by atoms with E-state index in [1.54, 1.807) is 0 Å². The molecule has 1 aromatic rings. The van der Waals surface area contributed by atoms with E-state index in [2.05, 4.69) is 5.32 Å². The number of hydrogen-bond donors (Lipinski definition) is 1. The molecule has 1 N–H and O–H groups in total. The molecule has 1 saturated heterocycles. The van der Waals surface area contributed by atoms with Crippen molar-refractivity contribution in [1.29, 1.82) is 0 Å².